The van der Waals surface area contributed by atoms with E-state index < -0.39 is 0 Å². The maximum Gasteiger partial charge on any atom is 0.203 e. The van der Waals surface area contributed by atoms with E-state index in [0.717, 1.165) is 43.2 Å². The number of benzene rings is 1. The molecule has 1 N–H and O–H groups in total. The highest BCUT2D eigenvalue weighted by atomic mass is 16.5. The molecule has 3 rings (SSSR count). The van der Waals surface area contributed by atoms with Gasteiger partial charge in [-0.3, -0.25) is 4.90 Å². The molecule has 2 aromatic rings. The number of likely N-dealkylation sites (N-methyl/N-ethyl adjacent to an activating group) is 1. The van der Waals surface area contributed by atoms with Crippen LogP contribution in [-0.2, 0) is 4.74 Å². The lowest BCUT2D eigenvalue weighted by molar-refractivity contribution is -0.0670. The lowest BCUT2D eigenvalue weighted by Gasteiger charge is -2.36. The van der Waals surface area contributed by atoms with Crippen LogP contribution in [0.1, 0.15) is 13.8 Å². The van der Waals surface area contributed by atoms with Gasteiger partial charge in [0.1, 0.15) is 0 Å². The Morgan fingerprint density at radius 1 is 1.29 bits per heavy atom. The maximum atomic E-state index is 5.77. The fraction of sp³-hybridized carbons (Fsp3) is 0.562. The van der Waals surface area contributed by atoms with Crippen molar-refractivity contribution < 1.29 is 4.74 Å². The predicted octanol–water partition coefficient (Wildman–Crippen LogP) is 2.11. The average molecular weight is 288 g/mol. The first-order valence-electron chi connectivity index (χ1n) is 7.65. The molecule has 0 unspecified atom stereocenters. The highest BCUT2D eigenvalue weighted by molar-refractivity contribution is 5.77. The third-order valence-corrected chi connectivity index (χ3v) is 3.99. The van der Waals surface area contributed by atoms with Crippen molar-refractivity contribution in [3.05, 3.63) is 24.3 Å². The fourth-order valence-corrected chi connectivity index (χ4v) is 2.98. The van der Waals surface area contributed by atoms with Crippen molar-refractivity contribution in [2.24, 2.45) is 0 Å². The van der Waals surface area contributed by atoms with Crippen LogP contribution >= 0.6 is 0 Å². The van der Waals surface area contributed by atoms with Gasteiger partial charge in [0.2, 0.25) is 5.95 Å². The zero-order valence-electron chi connectivity index (χ0n) is 13.0. The van der Waals surface area contributed by atoms with Gasteiger partial charge >= 0.3 is 0 Å². The first-order chi connectivity index (χ1) is 10.1. The van der Waals surface area contributed by atoms with E-state index in [4.69, 9.17) is 4.74 Å². The normalized spacial score (nSPS) is 23.6. The van der Waals surface area contributed by atoms with Crippen LogP contribution in [0.15, 0.2) is 24.3 Å². The minimum Gasteiger partial charge on any atom is -0.373 e. The van der Waals surface area contributed by atoms with Gasteiger partial charge in [-0.2, -0.15) is 0 Å². The monoisotopic (exact) mass is 288 g/mol. The number of nitrogens with one attached hydrogen (secondary N) is 1. The third kappa shape index (κ3) is 3.36. The second-order valence-electron chi connectivity index (χ2n) is 6.02. The molecule has 114 valence electrons. The molecule has 0 saturated carbocycles. The zero-order valence-corrected chi connectivity index (χ0v) is 13.0. The number of nitrogens with zero attached hydrogens (tertiary/aromatic N) is 3. The highest BCUT2D eigenvalue weighted by Gasteiger charge is 2.22. The van der Waals surface area contributed by atoms with E-state index in [-0.39, 0.29) is 0 Å². The Morgan fingerprint density at radius 3 is 2.71 bits per heavy atom. The van der Waals surface area contributed by atoms with Crippen molar-refractivity contribution in [3.8, 4) is 0 Å². The van der Waals surface area contributed by atoms with Gasteiger partial charge in [0.05, 0.1) is 23.2 Å². The molecule has 1 aromatic carbocycles. The van der Waals surface area contributed by atoms with E-state index in [1.807, 2.05) is 18.2 Å². The molecule has 0 aliphatic carbocycles. The van der Waals surface area contributed by atoms with Gasteiger partial charge in [0.15, 0.2) is 0 Å². The van der Waals surface area contributed by atoms with E-state index >= 15 is 0 Å². The minimum atomic E-state index is 0.324. The molecule has 0 radical (unpaired) electrons. The van der Waals surface area contributed by atoms with Crippen LogP contribution in [0.4, 0.5) is 5.95 Å². The second-order valence-corrected chi connectivity index (χ2v) is 6.02. The van der Waals surface area contributed by atoms with Gasteiger partial charge in [0.25, 0.3) is 0 Å². The summed E-state index contributed by atoms with van der Waals surface area (Å²) >= 11 is 0. The van der Waals surface area contributed by atoms with Gasteiger partial charge < -0.3 is 14.6 Å². The van der Waals surface area contributed by atoms with Crippen molar-refractivity contribution >= 4 is 17.0 Å². The Hall–Kier alpha value is -1.59. The minimum absolute atomic E-state index is 0.324. The number of hydrogen-bond acceptors (Lipinski definition) is 4. The number of morpholine rings is 1. The van der Waals surface area contributed by atoms with E-state index in [0.29, 0.717) is 12.2 Å². The van der Waals surface area contributed by atoms with Crippen LogP contribution in [-0.4, -0.2) is 60.3 Å². The second kappa shape index (κ2) is 6.03. The Balaban J connectivity index is 1.59. The van der Waals surface area contributed by atoms with Gasteiger partial charge in [-0.15, -0.1) is 0 Å². The van der Waals surface area contributed by atoms with Crippen molar-refractivity contribution in [3.63, 3.8) is 0 Å². The number of hydrogen-bond donors (Lipinski definition) is 1. The number of H-pyrrole nitrogens is 1. The number of rotatable bonds is 4. The van der Waals surface area contributed by atoms with Gasteiger partial charge in [-0.25, -0.2) is 4.98 Å². The molecule has 5 nitrogen and oxygen atoms in total. The van der Waals surface area contributed by atoms with Crippen molar-refractivity contribution in [2.75, 3.05) is 38.1 Å². The molecule has 1 saturated heterocycles. The lowest BCUT2D eigenvalue weighted by Crippen LogP contribution is -2.47. The van der Waals surface area contributed by atoms with Crippen LogP contribution in [0.3, 0.4) is 0 Å². The molecular weight excluding hydrogens is 264 g/mol. The van der Waals surface area contributed by atoms with E-state index in [1.165, 1.54) is 0 Å². The maximum absolute atomic E-state index is 5.77. The fourth-order valence-electron chi connectivity index (χ4n) is 2.98. The summed E-state index contributed by atoms with van der Waals surface area (Å²) in [6.07, 6.45) is 0.649. The number of ether oxygens (including phenoxy) is 1. The molecule has 0 bridgehead atoms. The number of aromatic amines is 1. The van der Waals surface area contributed by atoms with Crippen LogP contribution in [0.5, 0.6) is 0 Å². The molecule has 1 aliphatic heterocycles. The summed E-state index contributed by atoms with van der Waals surface area (Å²) < 4.78 is 5.77. The quantitative estimate of drug-likeness (QED) is 0.936. The first kappa shape index (κ1) is 14.4. The highest BCUT2D eigenvalue weighted by Crippen LogP contribution is 2.16. The summed E-state index contributed by atoms with van der Waals surface area (Å²) in [5.41, 5.74) is 2.11. The number of para-hydroxylation sites is 2. The smallest absolute Gasteiger partial charge is 0.203 e. The number of aromatic nitrogens is 2. The molecule has 0 spiro atoms. The Bertz CT molecular complexity index is 554. The van der Waals surface area contributed by atoms with Gasteiger partial charge in [0, 0.05) is 33.2 Å². The van der Waals surface area contributed by atoms with Crippen LogP contribution in [0.2, 0.25) is 0 Å². The molecule has 2 atom stereocenters. The van der Waals surface area contributed by atoms with E-state index in [9.17, 15) is 0 Å². The Morgan fingerprint density at radius 2 is 2.00 bits per heavy atom. The number of anilines is 1. The molecule has 1 fully saturated rings. The standard InChI is InChI=1S/C16H24N4O/c1-12-10-20(11-13(2)21-12)9-8-19(3)16-17-14-6-4-5-7-15(14)18-16/h4-7,12-13H,8-11H2,1-3H3,(H,17,18)/t12-,13+. The van der Waals surface area contributed by atoms with Gasteiger partial charge in [-0.05, 0) is 26.0 Å². The molecule has 2 heterocycles. The molecule has 5 heteroatoms. The van der Waals surface area contributed by atoms with Crippen LogP contribution < -0.4 is 4.90 Å². The zero-order chi connectivity index (χ0) is 14.8. The van der Waals surface area contributed by atoms with E-state index in [2.05, 4.69) is 46.7 Å². The Labute approximate surface area is 125 Å². The Kier molecular flexibility index (Phi) is 4.12. The van der Waals surface area contributed by atoms with Crippen molar-refractivity contribution in [2.45, 2.75) is 26.1 Å². The van der Waals surface area contributed by atoms with E-state index in [1.54, 1.807) is 0 Å². The first-order valence-corrected chi connectivity index (χ1v) is 7.65. The molecule has 1 aliphatic rings. The topological polar surface area (TPSA) is 44.4 Å². The van der Waals surface area contributed by atoms with Crippen LogP contribution in [0.25, 0.3) is 11.0 Å². The summed E-state index contributed by atoms with van der Waals surface area (Å²) in [5, 5.41) is 0. The predicted molar refractivity (Wildman–Crippen MR) is 85.8 cm³/mol. The molecule has 0 amide bonds. The number of fused-ring (bicyclic) bond motifs is 1. The summed E-state index contributed by atoms with van der Waals surface area (Å²) in [7, 11) is 2.09. The van der Waals surface area contributed by atoms with Gasteiger partial charge in [-0.1, -0.05) is 12.1 Å². The molecule has 21 heavy (non-hydrogen) atoms. The summed E-state index contributed by atoms with van der Waals surface area (Å²) in [4.78, 5) is 12.7. The SMILES string of the molecule is C[C@@H]1CN(CCN(C)c2nc3ccccc3[nH]2)C[C@H](C)O1. The average Bonchev–Trinajstić information content (AvgIpc) is 2.87. The number of imidazole rings is 1. The molecular formula is C16H24N4O. The summed E-state index contributed by atoms with van der Waals surface area (Å²) in [6.45, 7) is 8.30. The third-order valence-electron chi connectivity index (χ3n) is 3.99. The van der Waals surface area contributed by atoms with Crippen molar-refractivity contribution in [1.29, 1.82) is 0 Å². The van der Waals surface area contributed by atoms with Crippen molar-refractivity contribution in [1.82, 2.24) is 14.9 Å². The molecule has 1 aromatic heterocycles. The largest absolute Gasteiger partial charge is 0.373 e. The summed E-state index contributed by atoms with van der Waals surface area (Å²) in [6, 6.07) is 8.14. The summed E-state index contributed by atoms with van der Waals surface area (Å²) in [5.74, 6) is 0.936. The lowest BCUT2D eigenvalue weighted by atomic mass is 10.2. The van der Waals surface area contributed by atoms with Crippen LogP contribution in [0, 0.1) is 0 Å².